The van der Waals surface area contributed by atoms with Crippen LogP contribution in [0.4, 0.5) is 0 Å². The summed E-state index contributed by atoms with van der Waals surface area (Å²) in [5.41, 5.74) is 4.43. The second kappa shape index (κ2) is 7.90. The van der Waals surface area contributed by atoms with Crippen LogP contribution < -0.4 is 0 Å². The van der Waals surface area contributed by atoms with Gasteiger partial charge in [0, 0.05) is 31.0 Å². The second-order valence-electron chi connectivity index (χ2n) is 7.94. The van der Waals surface area contributed by atoms with Crippen molar-refractivity contribution in [3.8, 4) is 0 Å². The summed E-state index contributed by atoms with van der Waals surface area (Å²) >= 11 is 0. The monoisotopic (exact) mass is 378 g/mol. The van der Waals surface area contributed by atoms with Crippen LogP contribution in [-0.4, -0.2) is 45.7 Å². The summed E-state index contributed by atoms with van der Waals surface area (Å²) in [6, 6.07) is 4.36. The van der Waals surface area contributed by atoms with Crippen molar-refractivity contribution in [2.24, 2.45) is 4.99 Å². The van der Waals surface area contributed by atoms with Gasteiger partial charge in [0.05, 0.1) is 11.4 Å². The third kappa shape index (κ3) is 3.17. The molecule has 3 aliphatic rings. The molecule has 1 saturated carbocycles. The summed E-state index contributed by atoms with van der Waals surface area (Å²) in [6.45, 7) is 4.30. The summed E-state index contributed by atoms with van der Waals surface area (Å²) in [4.78, 5) is 26.8. The summed E-state index contributed by atoms with van der Waals surface area (Å²) in [5, 5.41) is 0. The van der Waals surface area contributed by atoms with Crippen LogP contribution in [0.15, 0.2) is 46.9 Å². The van der Waals surface area contributed by atoms with E-state index in [2.05, 4.69) is 29.8 Å². The van der Waals surface area contributed by atoms with Crippen molar-refractivity contribution < 1.29 is 4.79 Å². The lowest BCUT2D eigenvalue weighted by Crippen LogP contribution is -2.60. The Balaban J connectivity index is 1.88. The van der Waals surface area contributed by atoms with E-state index in [1.807, 2.05) is 36.5 Å². The Kier molecular flexibility index (Phi) is 5.33. The van der Waals surface area contributed by atoms with Gasteiger partial charge in [0.25, 0.3) is 0 Å². The number of fused-ring (bicyclic) bond motifs is 1. The third-order valence-electron chi connectivity index (χ3n) is 6.37. The van der Waals surface area contributed by atoms with Crippen LogP contribution in [0.1, 0.15) is 64.4 Å². The van der Waals surface area contributed by atoms with Crippen molar-refractivity contribution in [3.05, 3.63) is 47.4 Å². The van der Waals surface area contributed by atoms with E-state index in [1.54, 1.807) is 0 Å². The first-order chi connectivity index (χ1) is 13.7. The average molecular weight is 379 g/mol. The average Bonchev–Trinajstić information content (AvgIpc) is 3.18. The molecule has 0 radical (unpaired) electrons. The molecular weight excluding hydrogens is 348 g/mol. The fourth-order valence-electron chi connectivity index (χ4n) is 4.81. The lowest BCUT2D eigenvalue weighted by Gasteiger charge is -2.45. The van der Waals surface area contributed by atoms with E-state index < -0.39 is 0 Å². The number of amides is 1. The zero-order chi connectivity index (χ0) is 19.7. The molecule has 4 rings (SSSR count). The number of allylic oxidation sites excluding steroid dienone is 2. The highest BCUT2D eigenvalue weighted by Crippen LogP contribution is 2.36. The number of likely N-dealkylation sites (N-methyl/N-ethyl adjacent to an activating group) is 1. The van der Waals surface area contributed by atoms with Crippen LogP contribution in [0.3, 0.4) is 0 Å². The molecule has 1 aromatic heterocycles. The predicted octanol–water partition coefficient (Wildman–Crippen LogP) is 4.38. The van der Waals surface area contributed by atoms with Crippen molar-refractivity contribution in [3.63, 3.8) is 0 Å². The van der Waals surface area contributed by atoms with Crippen molar-refractivity contribution in [2.75, 3.05) is 7.05 Å². The largest absolute Gasteiger partial charge is 0.340 e. The van der Waals surface area contributed by atoms with Gasteiger partial charge < -0.3 is 9.80 Å². The molecule has 28 heavy (non-hydrogen) atoms. The topological polar surface area (TPSA) is 48.8 Å². The van der Waals surface area contributed by atoms with Crippen LogP contribution in [0.2, 0.25) is 0 Å². The Hall–Kier alpha value is -2.43. The minimum absolute atomic E-state index is 0.120. The van der Waals surface area contributed by atoms with Gasteiger partial charge >= 0.3 is 0 Å². The fourth-order valence-corrected chi connectivity index (χ4v) is 4.81. The lowest BCUT2D eigenvalue weighted by molar-refractivity contribution is -0.134. The Bertz CT molecular complexity index is 833. The summed E-state index contributed by atoms with van der Waals surface area (Å²) in [7, 11) is 1.90. The van der Waals surface area contributed by atoms with Crippen molar-refractivity contribution in [2.45, 2.75) is 70.9 Å². The normalized spacial score (nSPS) is 23.5. The van der Waals surface area contributed by atoms with Crippen LogP contribution >= 0.6 is 0 Å². The maximum Gasteiger partial charge on any atom is 0.249 e. The van der Waals surface area contributed by atoms with Gasteiger partial charge in [-0.1, -0.05) is 32.8 Å². The second-order valence-corrected chi connectivity index (χ2v) is 7.94. The highest BCUT2D eigenvalue weighted by atomic mass is 16.2. The van der Waals surface area contributed by atoms with Crippen LogP contribution in [0.25, 0.3) is 5.70 Å². The minimum atomic E-state index is -0.120. The number of hydrogen-bond acceptors (Lipinski definition) is 4. The number of hydrogen-bond donors (Lipinski definition) is 0. The lowest BCUT2D eigenvalue weighted by atomic mass is 10.0. The third-order valence-corrected chi connectivity index (χ3v) is 6.37. The molecule has 2 aliphatic heterocycles. The molecule has 1 atom stereocenters. The standard InChI is InChI=1S/C23H30N4O/c1-4-16-10-11-20-22(25-21(16)17-12-14-24-15-13-17)27(18-8-6-7-9-18)19(5-2)23(28)26(20)3/h11-15,18-19H,4-10H2,1-3H3. The highest BCUT2D eigenvalue weighted by molar-refractivity contribution is 6.09. The van der Waals surface area contributed by atoms with Crippen LogP contribution in [0, 0.1) is 0 Å². The van der Waals surface area contributed by atoms with Crippen molar-refractivity contribution in [1.29, 1.82) is 0 Å². The van der Waals surface area contributed by atoms with E-state index in [0.29, 0.717) is 6.04 Å². The maximum absolute atomic E-state index is 13.2. The molecule has 1 unspecified atom stereocenters. The van der Waals surface area contributed by atoms with Gasteiger partial charge in [0.15, 0.2) is 5.84 Å². The molecule has 0 aromatic carbocycles. The Labute approximate surface area is 167 Å². The van der Waals surface area contributed by atoms with Crippen LogP contribution in [0.5, 0.6) is 0 Å². The van der Waals surface area contributed by atoms with Gasteiger partial charge in [-0.25, -0.2) is 4.99 Å². The first kappa shape index (κ1) is 18.9. The summed E-state index contributed by atoms with van der Waals surface area (Å²) in [5.74, 6) is 1.18. The number of piperazine rings is 1. The Morgan fingerprint density at radius 3 is 2.50 bits per heavy atom. The van der Waals surface area contributed by atoms with Gasteiger partial charge in [0.2, 0.25) is 5.91 Å². The first-order valence-corrected chi connectivity index (χ1v) is 10.6. The minimum Gasteiger partial charge on any atom is -0.340 e. The summed E-state index contributed by atoms with van der Waals surface area (Å²) in [6.07, 6.45) is 13.2. The number of amidine groups is 1. The molecule has 1 saturated heterocycles. The van der Waals surface area contributed by atoms with Gasteiger partial charge in [-0.2, -0.15) is 0 Å². The van der Waals surface area contributed by atoms with Gasteiger partial charge in [-0.05, 0) is 49.8 Å². The number of rotatable bonds is 4. The fraction of sp³-hybridized carbons (Fsp3) is 0.522. The van der Waals surface area contributed by atoms with Gasteiger partial charge in [-0.3, -0.25) is 9.78 Å². The maximum atomic E-state index is 13.2. The molecule has 0 N–H and O–H groups in total. The van der Waals surface area contributed by atoms with Gasteiger partial charge in [-0.15, -0.1) is 0 Å². The van der Waals surface area contributed by atoms with E-state index in [0.717, 1.165) is 54.9 Å². The highest BCUT2D eigenvalue weighted by Gasteiger charge is 2.43. The molecule has 0 spiro atoms. The first-order valence-electron chi connectivity index (χ1n) is 10.6. The SMILES string of the molecule is CCC1=C(c2ccncc2)N=C2C(=CC1)N(C)C(=O)C(CC)N2C1CCCC1. The number of carbonyl (C=O) groups excluding carboxylic acids is 1. The molecule has 1 aliphatic carbocycles. The molecule has 3 heterocycles. The Morgan fingerprint density at radius 2 is 1.86 bits per heavy atom. The quantitative estimate of drug-likeness (QED) is 0.781. The van der Waals surface area contributed by atoms with Crippen molar-refractivity contribution in [1.82, 2.24) is 14.8 Å². The zero-order valence-corrected chi connectivity index (χ0v) is 17.2. The van der Waals surface area contributed by atoms with E-state index in [1.165, 1.54) is 18.4 Å². The number of nitrogens with zero attached hydrogens (tertiary/aromatic N) is 4. The van der Waals surface area contributed by atoms with Crippen LogP contribution in [-0.2, 0) is 4.79 Å². The van der Waals surface area contributed by atoms with E-state index in [9.17, 15) is 4.79 Å². The predicted molar refractivity (Wildman–Crippen MR) is 113 cm³/mol. The molecule has 0 bridgehead atoms. The molecule has 2 fully saturated rings. The number of aromatic nitrogens is 1. The van der Waals surface area contributed by atoms with E-state index in [4.69, 9.17) is 4.99 Å². The van der Waals surface area contributed by atoms with Crippen molar-refractivity contribution >= 4 is 17.4 Å². The van der Waals surface area contributed by atoms with E-state index >= 15 is 0 Å². The molecule has 148 valence electrons. The summed E-state index contributed by atoms with van der Waals surface area (Å²) < 4.78 is 0. The smallest absolute Gasteiger partial charge is 0.249 e. The molecule has 5 nitrogen and oxygen atoms in total. The number of aliphatic imine (C=N–C) groups is 1. The molecule has 1 aromatic rings. The Morgan fingerprint density at radius 1 is 1.14 bits per heavy atom. The molecular formula is C23H30N4O. The number of carbonyl (C=O) groups is 1. The molecule has 5 heteroatoms. The molecule has 1 amide bonds. The number of pyridine rings is 1. The van der Waals surface area contributed by atoms with E-state index in [-0.39, 0.29) is 11.9 Å². The zero-order valence-electron chi connectivity index (χ0n) is 17.2. The van der Waals surface area contributed by atoms with Gasteiger partial charge in [0.1, 0.15) is 6.04 Å².